The van der Waals surface area contributed by atoms with Gasteiger partial charge in [-0.3, -0.25) is 4.79 Å². The predicted molar refractivity (Wildman–Crippen MR) is 133 cm³/mol. The van der Waals surface area contributed by atoms with E-state index in [-0.39, 0.29) is 18.5 Å². The number of nitrogens with zero attached hydrogens (tertiary/aromatic N) is 2. The number of hydrogen-bond acceptors (Lipinski definition) is 7. The first-order chi connectivity index (χ1) is 17.0. The molecule has 9 heteroatoms. The number of amides is 2. The topological polar surface area (TPSA) is 90.0 Å². The molecule has 1 fully saturated rings. The quantitative estimate of drug-likeness (QED) is 0.518. The van der Waals surface area contributed by atoms with E-state index in [1.54, 1.807) is 23.1 Å². The fourth-order valence-corrected chi connectivity index (χ4v) is 4.81. The number of fused-ring (bicyclic) bond motifs is 1. The summed E-state index contributed by atoms with van der Waals surface area (Å²) >= 11 is 1.50. The van der Waals surface area contributed by atoms with Crippen LogP contribution < -0.4 is 19.5 Å². The number of thiazole rings is 1. The first kappa shape index (κ1) is 23.2. The van der Waals surface area contributed by atoms with Crippen LogP contribution in [0.25, 0.3) is 10.4 Å². The van der Waals surface area contributed by atoms with Crippen molar-refractivity contribution in [2.75, 3.05) is 26.3 Å². The van der Waals surface area contributed by atoms with Crippen molar-refractivity contribution >= 4 is 23.3 Å². The van der Waals surface area contributed by atoms with Crippen molar-refractivity contribution in [1.29, 1.82) is 0 Å². The Balaban J connectivity index is 1.23. The van der Waals surface area contributed by atoms with Crippen LogP contribution in [0.5, 0.6) is 17.4 Å². The van der Waals surface area contributed by atoms with Crippen LogP contribution in [-0.2, 0) is 0 Å². The van der Waals surface area contributed by atoms with Crippen molar-refractivity contribution in [1.82, 2.24) is 15.2 Å². The molecule has 0 bridgehead atoms. The standard InChI is InChI=1S/C26H27N3O5S/c1-16-6-8-18(9-7-16)23-25(28-17(2)35-23)34-26(31)29(19-10-11-19)13-12-27-24(30)20-4-3-5-21-22(20)33-15-14-32-21/h3-9,19H,10-15H2,1-2H3,(H,27,30). The fourth-order valence-electron chi connectivity index (χ4n) is 3.95. The van der Waals surface area contributed by atoms with Crippen molar-refractivity contribution in [3.8, 4) is 27.8 Å². The van der Waals surface area contributed by atoms with E-state index in [0.29, 0.717) is 42.7 Å². The second kappa shape index (κ2) is 9.95. The number of benzene rings is 2. The monoisotopic (exact) mass is 493 g/mol. The summed E-state index contributed by atoms with van der Waals surface area (Å²) in [4.78, 5) is 32.8. The summed E-state index contributed by atoms with van der Waals surface area (Å²) in [6, 6.07) is 13.4. The minimum atomic E-state index is -0.450. The van der Waals surface area contributed by atoms with Gasteiger partial charge in [-0.2, -0.15) is 0 Å². The Morgan fingerprint density at radius 2 is 1.89 bits per heavy atom. The Hall–Kier alpha value is -3.59. The minimum absolute atomic E-state index is 0.114. The average molecular weight is 494 g/mol. The van der Waals surface area contributed by atoms with Crippen LogP contribution in [0.2, 0.25) is 0 Å². The maximum Gasteiger partial charge on any atom is 0.416 e. The maximum atomic E-state index is 13.1. The smallest absolute Gasteiger partial charge is 0.416 e. The molecule has 1 aliphatic heterocycles. The molecule has 0 unspecified atom stereocenters. The van der Waals surface area contributed by atoms with E-state index in [9.17, 15) is 9.59 Å². The number of nitrogens with one attached hydrogen (secondary N) is 1. The van der Waals surface area contributed by atoms with Crippen molar-refractivity contribution in [3.05, 3.63) is 58.6 Å². The average Bonchev–Trinajstić information content (AvgIpc) is 3.63. The van der Waals surface area contributed by atoms with Gasteiger partial charge < -0.3 is 24.4 Å². The number of para-hydroxylation sites is 1. The molecule has 2 aliphatic rings. The van der Waals surface area contributed by atoms with Gasteiger partial charge in [-0.05, 0) is 44.4 Å². The van der Waals surface area contributed by atoms with Gasteiger partial charge >= 0.3 is 6.09 Å². The van der Waals surface area contributed by atoms with E-state index in [2.05, 4.69) is 10.3 Å². The molecule has 0 atom stereocenters. The second-order valence-corrected chi connectivity index (χ2v) is 9.81. The van der Waals surface area contributed by atoms with Crippen molar-refractivity contribution < 1.29 is 23.8 Å². The Morgan fingerprint density at radius 1 is 1.11 bits per heavy atom. The number of rotatable bonds is 7. The van der Waals surface area contributed by atoms with E-state index in [1.165, 1.54) is 11.3 Å². The molecule has 1 aliphatic carbocycles. The Labute approximate surface area is 207 Å². The molecule has 0 spiro atoms. The summed E-state index contributed by atoms with van der Waals surface area (Å²) in [5.74, 6) is 1.07. The Kier molecular flexibility index (Phi) is 6.59. The van der Waals surface area contributed by atoms with Gasteiger partial charge in [0.15, 0.2) is 11.5 Å². The lowest BCUT2D eigenvalue weighted by atomic mass is 10.1. The molecule has 2 heterocycles. The number of aromatic nitrogens is 1. The summed E-state index contributed by atoms with van der Waals surface area (Å²) in [7, 11) is 0. The summed E-state index contributed by atoms with van der Waals surface area (Å²) in [5.41, 5.74) is 2.54. The summed E-state index contributed by atoms with van der Waals surface area (Å²) in [6.07, 6.45) is 1.39. The lowest BCUT2D eigenvalue weighted by Crippen LogP contribution is -2.41. The van der Waals surface area contributed by atoms with Crippen LogP contribution in [-0.4, -0.2) is 54.2 Å². The zero-order valence-corrected chi connectivity index (χ0v) is 20.5. The normalized spacial score (nSPS) is 14.3. The third-order valence-electron chi connectivity index (χ3n) is 5.87. The number of ether oxygens (including phenoxy) is 3. The SMILES string of the molecule is Cc1ccc(-c2sc(C)nc2OC(=O)N(CCNC(=O)c2cccc3c2OCCO3)C2CC2)cc1. The first-order valence-corrected chi connectivity index (χ1v) is 12.5. The second-order valence-electron chi connectivity index (χ2n) is 8.61. The van der Waals surface area contributed by atoms with Gasteiger partial charge in [-0.25, -0.2) is 9.78 Å². The van der Waals surface area contributed by atoms with Gasteiger partial charge in [0.1, 0.15) is 13.2 Å². The van der Waals surface area contributed by atoms with Crippen LogP contribution in [0.4, 0.5) is 4.79 Å². The van der Waals surface area contributed by atoms with E-state index >= 15 is 0 Å². The predicted octanol–water partition coefficient (Wildman–Crippen LogP) is 4.59. The fraction of sp³-hybridized carbons (Fsp3) is 0.346. The molecule has 1 N–H and O–H groups in total. The molecule has 3 aromatic rings. The van der Waals surface area contributed by atoms with Crippen LogP contribution in [0, 0.1) is 13.8 Å². The Morgan fingerprint density at radius 3 is 2.66 bits per heavy atom. The van der Waals surface area contributed by atoms with E-state index in [0.717, 1.165) is 33.9 Å². The van der Waals surface area contributed by atoms with Crippen LogP contribution in [0.3, 0.4) is 0 Å². The molecular formula is C26H27N3O5S. The van der Waals surface area contributed by atoms with Crippen molar-refractivity contribution in [3.63, 3.8) is 0 Å². The third kappa shape index (κ3) is 5.24. The lowest BCUT2D eigenvalue weighted by Gasteiger charge is -2.22. The number of carbonyl (C=O) groups excluding carboxylic acids is 2. The lowest BCUT2D eigenvalue weighted by molar-refractivity contribution is 0.0933. The van der Waals surface area contributed by atoms with Crippen LogP contribution in [0.15, 0.2) is 42.5 Å². The zero-order valence-electron chi connectivity index (χ0n) is 19.7. The van der Waals surface area contributed by atoms with E-state index in [4.69, 9.17) is 14.2 Å². The molecule has 5 rings (SSSR count). The number of carbonyl (C=O) groups is 2. The number of aryl methyl sites for hydroxylation is 2. The van der Waals surface area contributed by atoms with Crippen LogP contribution >= 0.6 is 11.3 Å². The highest BCUT2D eigenvalue weighted by atomic mass is 32.1. The molecule has 1 aromatic heterocycles. The van der Waals surface area contributed by atoms with E-state index < -0.39 is 6.09 Å². The molecular weight excluding hydrogens is 466 g/mol. The zero-order chi connectivity index (χ0) is 24.4. The largest absolute Gasteiger partial charge is 0.486 e. The van der Waals surface area contributed by atoms with Gasteiger partial charge in [0.25, 0.3) is 5.91 Å². The van der Waals surface area contributed by atoms with Gasteiger partial charge in [-0.15, -0.1) is 11.3 Å². The molecule has 182 valence electrons. The summed E-state index contributed by atoms with van der Waals surface area (Å²) in [5, 5.41) is 3.72. The first-order valence-electron chi connectivity index (χ1n) is 11.7. The molecule has 8 nitrogen and oxygen atoms in total. The molecule has 2 amide bonds. The molecule has 0 radical (unpaired) electrons. The van der Waals surface area contributed by atoms with Gasteiger partial charge in [0.2, 0.25) is 5.88 Å². The highest BCUT2D eigenvalue weighted by molar-refractivity contribution is 7.15. The maximum absolute atomic E-state index is 13.1. The summed E-state index contributed by atoms with van der Waals surface area (Å²) < 4.78 is 17.0. The Bertz CT molecular complexity index is 1240. The molecule has 1 saturated carbocycles. The van der Waals surface area contributed by atoms with Crippen LogP contribution in [0.1, 0.15) is 33.8 Å². The molecule has 2 aromatic carbocycles. The highest BCUT2D eigenvalue weighted by Crippen LogP contribution is 2.37. The van der Waals surface area contributed by atoms with Gasteiger partial charge in [-0.1, -0.05) is 35.9 Å². The van der Waals surface area contributed by atoms with Gasteiger partial charge in [0, 0.05) is 19.1 Å². The van der Waals surface area contributed by atoms with Crippen molar-refractivity contribution in [2.24, 2.45) is 0 Å². The molecule has 35 heavy (non-hydrogen) atoms. The van der Waals surface area contributed by atoms with Gasteiger partial charge in [0.05, 0.1) is 15.4 Å². The van der Waals surface area contributed by atoms with E-state index in [1.807, 2.05) is 38.1 Å². The van der Waals surface area contributed by atoms with Crippen molar-refractivity contribution in [2.45, 2.75) is 32.7 Å². The third-order valence-corrected chi connectivity index (χ3v) is 6.87. The number of hydrogen-bond donors (Lipinski definition) is 1. The molecule has 0 saturated heterocycles. The highest BCUT2D eigenvalue weighted by Gasteiger charge is 2.34. The minimum Gasteiger partial charge on any atom is -0.486 e. The summed E-state index contributed by atoms with van der Waals surface area (Å²) in [6.45, 7) is 5.41.